The van der Waals surface area contributed by atoms with Gasteiger partial charge in [-0.15, -0.1) is 0 Å². The summed E-state index contributed by atoms with van der Waals surface area (Å²) in [4.78, 5) is 24.3. The Morgan fingerprint density at radius 1 is 0.837 bits per heavy atom. The van der Waals surface area contributed by atoms with Crippen LogP contribution in [0.15, 0.2) is 90.8 Å². The number of carbonyl (C=O) groups excluding carboxylic acids is 1. The van der Waals surface area contributed by atoms with Crippen LogP contribution in [0.25, 0.3) is 16.5 Å². The van der Waals surface area contributed by atoms with Crippen LogP contribution in [-0.2, 0) is 11.3 Å². The average molecular weight is 568 g/mol. The van der Waals surface area contributed by atoms with E-state index < -0.39 is 0 Å². The van der Waals surface area contributed by atoms with Crippen LogP contribution in [-0.4, -0.2) is 29.1 Å². The van der Waals surface area contributed by atoms with Gasteiger partial charge in [0, 0.05) is 57.5 Å². The van der Waals surface area contributed by atoms with Gasteiger partial charge in [0.05, 0.1) is 25.3 Å². The molecule has 0 radical (unpaired) electrons. The molecule has 7 nitrogen and oxygen atoms in total. The van der Waals surface area contributed by atoms with Gasteiger partial charge >= 0.3 is 0 Å². The number of fused-ring (bicyclic) bond motifs is 2. The smallest absolute Gasteiger partial charge is 0.258 e. The summed E-state index contributed by atoms with van der Waals surface area (Å²) in [6.07, 6.45) is 4.42. The molecule has 0 atom stereocenters. The molecule has 7 heteroatoms. The summed E-state index contributed by atoms with van der Waals surface area (Å²) in [7, 11) is 0. The van der Waals surface area contributed by atoms with E-state index >= 15 is 0 Å². The zero-order chi connectivity index (χ0) is 29.5. The van der Waals surface area contributed by atoms with E-state index in [-0.39, 0.29) is 5.91 Å². The molecule has 2 aromatic heterocycles. The summed E-state index contributed by atoms with van der Waals surface area (Å²) < 4.78 is 5.64. The fourth-order valence-corrected chi connectivity index (χ4v) is 6.07. The lowest BCUT2D eigenvalue weighted by Gasteiger charge is -2.21. The lowest BCUT2D eigenvalue weighted by atomic mass is 9.95. The van der Waals surface area contributed by atoms with Gasteiger partial charge in [0.2, 0.25) is 0 Å². The van der Waals surface area contributed by atoms with Gasteiger partial charge in [0.25, 0.3) is 5.91 Å². The van der Waals surface area contributed by atoms with Crippen LogP contribution in [0, 0.1) is 13.8 Å². The minimum absolute atomic E-state index is 0.0145. The maximum Gasteiger partial charge on any atom is 0.258 e. The molecule has 1 amide bonds. The number of anilines is 5. The summed E-state index contributed by atoms with van der Waals surface area (Å²) in [6, 6.07) is 24.6. The van der Waals surface area contributed by atoms with E-state index in [1.165, 1.54) is 16.7 Å². The van der Waals surface area contributed by atoms with Crippen molar-refractivity contribution in [1.29, 1.82) is 0 Å². The second-order valence-electron chi connectivity index (χ2n) is 11.4. The molecular weight excluding hydrogens is 534 g/mol. The largest absolute Gasteiger partial charge is 0.377 e. The van der Waals surface area contributed by atoms with Crippen LogP contribution in [0.4, 0.5) is 28.4 Å². The van der Waals surface area contributed by atoms with Crippen LogP contribution in [0.3, 0.4) is 0 Å². The van der Waals surface area contributed by atoms with E-state index in [2.05, 4.69) is 71.1 Å². The van der Waals surface area contributed by atoms with Crippen LogP contribution in [0.1, 0.15) is 46.1 Å². The van der Waals surface area contributed by atoms with E-state index in [0.717, 1.165) is 74.8 Å². The van der Waals surface area contributed by atoms with Crippen LogP contribution < -0.4 is 15.5 Å². The van der Waals surface area contributed by atoms with Gasteiger partial charge in [-0.25, -0.2) is 0 Å². The third-order valence-electron chi connectivity index (χ3n) is 8.27. The SMILES string of the molecule is CC1=C(c2ccc3nc(C)cc(Nc4ccc(C)c(N5Cc6cc(Nc7ccncc7)ccc6C5=O)c4)c3c2)CCOC1. The Kier molecular flexibility index (Phi) is 6.87. The molecule has 5 aromatic rings. The molecule has 0 spiro atoms. The van der Waals surface area contributed by atoms with Crippen molar-refractivity contribution in [2.45, 2.75) is 33.7 Å². The second kappa shape index (κ2) is 11.0. The van der Waals surface area contributed by atoms with Gasteiger partial charge in [-0.1, -0.05) is 12.1 Å². The minimum Gasteiger partial charge on any atom is -0.377 e. The first-order valence-electron chi connectivity index (χ1n) is 14.6. The summed E-state index contributed by atoms with van der Waals surface area (Å²) in [5.74, 6) is 0.0145. The third kappa shape index (κ3) is 5.24. The van der Waals surface area contributed by atoms with Gasteiger partial charge < -0.3 is 20.3 Å². The Hall–Kier alpha value is -5.01. The first kappa shape index (κ1) is 26.9. The molecule has 2 aliphatic heterocycles. The molecule has 4 heterocycles. The highest BCUT2D eigenvalue weighted by molar-refractivity contribution is 6.11. The first-order valence-corrected chi connectivity index (χ1v) is 14.6. The predicted molar refractivity (Wildman–Crippen MR) is 173 cm³/mol. The number of amides is 1. The van der Waals surface area contributed by atoms with E-state index in [1.807, 2.05) is 43.0 Å². The molecule has 2 N–H and O–H groups in total. The monoisotopic (exact) mass is 567 g/mol. The predicted octanol–water partition coefficient (Wildman–Crippen LogP) is 8.09. The Morgan fingerprint density at radius 2 is 1.65 bits per heavy atom. The number of aromatic nitrogens is 2. The van der Waals surface area contributed by atoms with E-state index in [0.29, 0.717) is 13.2 Å². The molecule has 0 saturated heterocycles. The number of aryl methyl sites for hydroxylation is 2. The fourth-order valence-electron chi connectivity index (χ4n) is 6.07. The Bertz CT molecular complexity index is 1920. The van der Waals surface area contributed by atoms with Gasteiger partial charge in [-0.3, -0.25) is 14.8 Å². The topological polar surface area (TPSA) is 79.4 Å². The van der Waals surface area contributed by atoms with Crippen molar-refractivity contribution in [3.05, 3.63) is 119 Å². The molecule has 0 unspecified atom stereocenters. The standard InChI is InChI=1S/C36H33N5O2/c1-22-4-6-29(40-34-16-24(3)38-33-9-5-25(18-32(33)34)30-12-15-43-21-23(30)2)19-35(22)41-20-26-17-28(7-8-31(26)36(41)42)39-27-10-13-37-14-11-27/h4-11,13-14,16-19H,12,15,20-21H2,1-3H3,(H,37,39)(H,38,40). The number of rotatable bonds is 6. The maximum atomic E-state index is 13.6. The number of benzene rings is 3. The Labute approximate surface area is 251 Å². The number of nitrogens with one attached hydrogen (secondary N) is 2. The maximum absolute atomic E-state index is 13.6. The normalized spacial score (nSPS) is 14.8. The van der Waals surface area contributed by atoms with Gasteiger partial charge in [-0.05, 0) is 116 Å². The molecule has 0 saturated carbocycles. The highest BCUT2D eigenvalue weighted by Crippen LogP contribution is 2.36. The van der Waals surface area contributed by atoms with Crippen molar-refractivity contribution < 1.29 is 9.53 Å². The van der Waals surface area contributed by atoms with Gasteiger partial charge in [0.1, 0.15) is 0 Å². The quantitative estimate of drug-likeness (QED) is 0.216. The summed E-state index contributed by atoms with van der Waals surface area (Å²) >= 11 is 0. The number of nitrogens with zero attached hydrogens (tertiary/aromatic N) is 3. The van der Waals surface area contributed by atoms with Crippen LogP contribution in [0.2, 0.25) is 0 Å². The number of pyridine rings is 2. The molecule has 0 bridgehead atoms. The zero-order valence-corrected chi connectivity index (χ0v) is 24.6. The van der Waals surface area contributed by atoms with Crippen LogP contribution >= 0.6 is 0 Å². The Morgan fingerprint density at radius 3 is 2.49 bits per heavy atom. The van der Waals surface area contributed by atoms with Gasteiger partial charge in [0.15, 0.2) is 0 Å². The Balaban J connectivity index is 1.19. The van der Waals surface area contributed by atoms with Crippen molar-refractivity contribution in [2.75, 3.05) is 28.7 Å². The third-order valence-corrected chi connectivity index (χ3v) is 8.27. The number of carbonyl (C=O) groups is 1. The second-order valence-corrected chi connectivity index (χ2v) is 11.4. The van der Waals surface area contributed by atoms with Crippen molar-refractivity contribution in [1.82, 2.24) is 9.97 Å². The van der Waals surface area contributed by atoms with Crippen molar-refractivity contribution in [3.8, 4) is 0 Å². The van der Waals surface area contributed by atoms with E-state index in [9.17, 15) is 4.79 Å². The van der Waals surface area contributed by atoms with Crippen molar-refractivity contribution in [3.63, 3.8) is 0 Å². The number of hydrogen-bond donors (Lipinski definition) is 2. The molecular formula is C36H33N5O2. The van der Waals surface area contributed by atoms with Crippen molar-refractivity contribution >= 4 is 50.8 Å². The van der Waals surface area contributed by atoms with E-state index in [4.69, 9.17) is 9.72 Å². The number of hydrogen-bond acceptors (Lipinski definition) is 6. The summed E-state index contributed by atoms with van der Waals surface area (Å²) in [5.41, 5.74) is 13.2. The lowest BCUT2D eigenvalue weighted by Crippen LogP contribution is -2.23. The van der Waals surface area contributed by atoms with Crippen molar-refractivity contribution in [2.24, 2.45) is 0 Å². The fraction of sp³-hybridized carbons (Fsp3) is 0.194. The molecule has 214 valence electrons. The molecule has 3 aromatic carbocycles. The zero-order valence-electron chi connectivity index (χ0n) is 24.6. The lowest BCUT2D eigenvalue weighted by molar-refractivity contribution is 0.0996. The average Bonchev–Trinajstić information content (AvgIpc) is 3.34. The molecule has 43 heavy (non-hydrogen) atoms. The van der Waals surface area contributed by atoms with E-state index in [1.54, 1.807) is 12.4 Å². The summed E-state index contributed by atoms with van der Waals surface area (Å²) in [6.45, 7) is 8.16. The molecule has 2 aliphatic rings. The summed E-state index contributed by atoms with van der Waals surface area (Å²) in [5, 5.41) is 8.13. The first-order chi connectivity index (χ1) is 20.9. The molecule has 0 aliphatic carbocycles. The highest BCUT2D eigenvalue weighted by Gasteiger charge is 2.30. The molecule has 0 fully saturated rings. The minimum atomic E-state index is 0.0145. The van der Waals surface area contributed by atoms with Crippen LogP contribution in [0.5, 0.6) is 0 Å². The number of ether oxygens (including phenoxy) is 1. The highest BCUT2D eigenvalue weighted by atomic mass is 16.5. The van der Waals surface area contributed by atoms with Gasteiger partial charge in [-0.2, -0.15) is 0 Å². The molecule has 7 rings (SSSR count).